The topological polar surface area (TPSA) is 84.0 Å². The van der Waals surface area contributed by atoms with Crippen LogP contribution in [0.15, 0.2) is 18.6 Å². The van der Waals surface area contributed by atoms with E-state index in [-0.39, 0.29) is 0 Å². The van der Waals surface area contributed by atoms with Crippen LogP contribution >= 0.6 is 0 Å². The fourth-order valence-electron chi connectivity index (χ4n) is 0.963. The molecule has 0 bridgehead atoms. The van der Waals surface area contributed by atoms with E-state index < -0.39 is 10.0 Å². The van der Waals surface area contributed by atoms with Gasteiger partial charge in [0.05, 0.1) is 11.9 Å². The Hall–Kier alpha value is -1.05. The molecule has 0 unspecified atom stereocenters. The third kappa shape index (κ3) is 6.10. The van der Waals surface area contributed by atoms with Gasteiger partial charge in [-0.05, 0) is 0 Å². The largest absolute Gasteiger partial charge is 0.310 e. The third-order valence-corrected chi connectivity index (χ3v) is 2.32. The average molecular weight is 230 g/mol. The van der Waals surface area contributed by atoms with Gasteiger partial charge in [0.2, 0.25) is 10.0 Å². The van der Waals surface area contributed by atoms with Crippen LogP contribution in [-0.2, 0) is 16.6 Å². The standard InChI is InChI=1S/C8H14N4O2S/c1-15(13,14)12-5-3-10-7-8-6-9-2-4-11-8/h2,4,6,10,12H,3,5,7H2,1H3. The van der Waals surface area contributed by atoms with Gasteiger partial charge in [-0.25, -0.2) is 13.1 Å². The molecule has 0 amide bonds. The smallest absolute Gasteiger partial charge is 0.208 e. The first-order valence-corrected chi connectivity index (χ1v) is 6.37. The van der Waals surface area contributed by atoms with Crippen LogP contribution in [0.4, 0.5) is 0 Å². The van der Waals surface area contributed by atoms with Crippen LogP contribution in [0, 0.1) is 0 Å². The summed E-state index contributed by atoms with van der Waals surface area (Å²) in [6.07, 6.45) is 6.02. The summed E-state index contributed by atoms with van der Waals surface area (Å²) in [5.74, 6) is 0. The first kappa shape index (κ1) is 12.0. The molecule has 84 valence electrons. The van der Waals surface area contributed by atoms with E-state index in [1.165, 1.54) is 0 Å². The summed E-state index contributed by atoms with van der Waals surface area (Å²) in [5, 5.41) is 3.04. The molecule has 0 spiro atoms. The number of rotatable bonds is 6. The van der Waals surface area contributed by atoms with Gasteiger partial charge in [-0.2, -0.15) is 0 Å². The van der Waals surface area contributed by atoms with Gasteiger partial charge in [-0.1, -0.05) is 0 Å². The molecular formula is C8H14N4O2S. The fourth-order valence-corrected chi connectivity index (χ4v) is 1.44. The van der Waals surface area contributed by atoms with Gasteiger partial charge in [-0.15, -0.1) is 0 Å². The molecule has 7 heteroatoms. The quantitative estimate of drug-likeness (QED) is 0.620. The van der Waals surface area contributed by atoms with Gasteiger partial charge in [0, 0.05) is 38.2 Å². The summed E-state index contributed by atoms with van der Waals surface area (Å²) >= 11 is 0. The van der Waals surface area contributed by atoms with E-state index in [1.807, 2.05) is 0 Å². The average Bonchev–Trinajstić information content (AvgIpc) is 2.17. The molecular weight excluding hydrogens is 216 g/mol. The second-order valence-corrected chi connectivity index (χ2v) is 4.87. The predicted molar refractivity (Wildman–Crippen MR) is 56.6 cm³/mol. The second-order valence-electron chi connectivity index (χ2n) is 3.04. The van der Waals surface area contributed by atoms with Crippen LogP contribution in [0.25, 0.3) is 0 Å². The molecule has 0 radical (unpaired) electrons. The lowest BCUT2D eigenvalue weighted by Gasteiger charge is -2.04. The molecule has 0 aliphatic heterocycles. The third-order valence-electron chi connectivity index (χ3n) is 1.59. The molecule has 0 fully saturated rings. The Kier molecular flexibility index (Phi) is 4.60. The Morgan fingerprint density at radius 3 is 2.73 bits per heavy atom. The number of hydrogen-bond acceptors (Lipinski definition) is 5. The van der Waals surface area contributed by atoms with Gasteiger partial charge in [0.1, 0.15) is 0 Å². The minimum Gasteiger partial charge on any atom is -0.310 e. The molecule has 0 aromatic carbocycles. The summed E-state index contributed by atoms with van der Waals surface area (Å²) < 4.78 is 23.8. The summed E-state index contributed by atoms with van der Waals surface area (Å²) in [5.41, 5.74) is 0.830. The first-order valence-electron chi connectivity index (χ1n) is 4.48. The van der Waals surface area contributed by atoms with Crippen LogP contribution < -0.4 is 10.0 Å². The van der Waals surface area contributed by atoms with Gasteiger partial charge in [0.25, 0.3) is 0 Å². The number of sulfonamides is 1. The predicted octanol–water partition coefficient (Wildman–Crippen LogP) is -0.885. The highest BCUT2D eigenvalue weighted by Crippen LogP contribution is 1.87. The molecule has 1 aromatic heterocycles. The lowest BCUT2D eigenvalue weighted by molar-refractivity contribution is 0.581. The van der Waals surface area contributed by atoms with E-state index in [2.05, 4.69) is 20.0 Å². The van der Waals surface area contributed by atoms with Crippen LogP contribution in [-0.4, -0.2) is 37.7 Å². The number of aromatic nitrogens is 2. The van der Waals surface area contributed by atoms with Crippen molar-refractivity contribution in [2.45, 2.75) is 6.54 Å². The maximum Gasteiger partial charge on any atom is 0.208 e. The van der Waals surface area contributed by atoms with Crippen molar-refractivity contribution in [3.8, 4) is 0 Å². The van der Waals surface area contributed by atoms with Gasteiger partial charge in [-0.3, -0.25) is 9.97 Å². The maximum absolute atomic E-state index is 10.7. The zero-order chi connectivity index (χ0) is 11.1. The lowest BCUT2D eigenvalue weighted by atomic mass is 10.4. The molecule has 0 saturated heterocycles. The van der Waals surface area contributed by atoms with Crippen molar-refractivity contribution in [3.05, 3.63) is 24.3 Å². The van der Waals surface area contributed by atoms with Crippen molar-refractivity contribution < 1.29 is 8.42 Å². The first-order chi connectivity index (χ1) is 7.08. The number of hydrogen-bond donors (Lipinski definition) is 2. The van der Waals surface area contributed by atoms with Crippen molar-refractivity contribution in [2.75, 3.05) is 19.3 Å². The summed E-state index contributed by atoms with van der Waals surface area (Å²) in [4.78, 5) is 7.97. The summed E-state index contributed by atoms with van der Waals surface area (Å²) in [6.45, 7) is 1.52. The molecule has 15 heavy (non-hydrogen) atoms. The molecule has 2 N–H and O–H groups in total. The van der Waals surface area contributed by atoms with Crippen LogP contribution in [0.1, 0.15) is 5.69 Å². The van der Waals surface area contributed by atoms with Gasteiger partial charge >= 0.3 is 0 Å². The summed E-state index contributed by atoms with van der Waals surface area (Å²) in [7, 11) is -3.09. The second kappa shape index (κ2) is 5.74. The minimum absolute atomic E-state index is 0.374. The van der Waals surface area contributed by atoms with E-state index in [9.17, 15) is 8.42 Å². The highest BCUT2D eigenvalue weighted by Gasteiger charge is 1.98. The Bertz CT molecular complexity index is 379. The van der Waals surface area contributed by atoms with E-state index in [1.54, 1.807) is 18.6 Å². The molecule has 1 aromatic rings. The van der Waals surface area contributed by atoms with E-state index in [4.69, 9.17) is 0 Å². The molecule has 6 nitrogen and oxygen atoms in total. The van der Waals surface area contributed by atoms with E-state index >= 15 is 0 Å². The van der Waals surface area contributed by atoms with Crippen LogP contribution in [0.5, 0.6) is 0 Å². The molecule has 0 aliphatic rings. The van der Waals surface area contributed by atoms with E-state index in [0.29, 0.717) is 19.6 Å². The minimum atomic E-state index is -3.09. The molecule has 1 rings (SSSR count). The van der Waals surface area contributed by atoms with Crippen molar-refractivity contribution in [1.29, 1.82) is 0 Å². The molecule has 0 aliphatic carbocycles. The van der Waals surface area contributed by atoms with Crippen LogP contribution in [0.3, 0.4) is 0 Å². The lowest BCUT2D eigenvalue weighted by Crippen LogP contribution is -2.30. The number of nitrogens with zero attached hydrogens (tertiary/aromatic N) is 2. The molecule has 1 heterocycles. The SMILES string of the molecule is CS(=O)(=O)NCCNCc1cnccn1. The van der Waals surface area contributed by atoms with Crippen molar-refractivity contribution in [3.63, 3.8) is 0 Å². The van der Waals surface area contributed by atoms with Gasteiger partial charge in [0.15, 0.2) is 0 Å². The normalized spacial score (nSPS) is 11.5. The van der Waals surface area contributed by atoms with Gasteiger partial charge < -0.3 is 5.32 Å². The highest BCUT2D eigenvalue weighted by molar-refractivity contribution is 7.88. The fraction of sp³-hybridized carbons (Fsp3) is 0.500. The van der Waals surface area contributed by atoms with E-state index in [0.717, 1.165) is 11.9 Å². The number of nitrogens with one attached hydrogen (secondary N) is 2. The molecule has 0 saturated carbocycles. The maximum atomic E-state index is 10.7. The zero-order valence-corrected chi connectivity index (χ0v) is 9.29. The monoisotopic (exact) mass is 230 g/mol. The Labute approximate surface area is 89.2 Å². The Morgan fingerprint density at radius 2 is 2.13 bits per heavy atom. The van der Waals surface area contributed by atoms with Crippen LogP contribution in [0.2, 0.25) is 0 Å². The zero-order valence-electron chi connectivity index (χ0n) is 8.47. The van der Waals surface area contributed by atoms with Crippen molar-refractivity contribution in [1.82, 2.24) is 20.0 Å². The van der Waals surface area contributed by atoms with Crippen molar-refractivity contribution in [2.24, 2.45) is 0 Å². The Balaban J connectivity index is 2.13. The highest BCUT2D eigenvalue weighted by atomic mass is 32.2. The Morgan fingerprint density at radius 1 is 1.33 bits per heavy atom. The molecule has 0 atom stereocenters. The van der Waals surface area contributed by atoms with Crippen molar-refractivity contribution >= 4 is 10.0 Å². The summed E-state index contributed by atoms with van der Waals surface area (Å²) in [6, 6.07) is 0.